The van der Waals surface area contributed by atoms with Crippen LogP contribution in [0.3, 0.4) is 0 Å². The summed E-state index contributed by atoms with van der Waals surface area (Å²) in [6, 6.07) is 5.07. The summed E-state index contributed by atoms with van der Waals surface area (Å²) in [6.45, 7) is 0.980. The second-order valence-electron chi connectivity index (χ2n) is 6.04. The monoisotopic (exact) mass is 400 g/mol. The molecule has 1 aromatic carbocycles. The number of rotatable bonds is 7. The minimum atomic E-state index is -1.22. The summed E-state index contributed by atoms with van der Waals surface area (Å²) >= 11 is 11.8. The lowest BCUT2D eigenvalue weighted by Crippen LogP contribution is -2.36. The van der Waals surface area contributed by atoms with Crippen LogP contribution in [-0.2, 0) is 20.8 Å². The Labute approximate surface area is 160 Å². The molecule has 0 saturated heterocycles. The third-order valence-corrected chi connectivity index (χ3v) is 4.69. The first-order valence-electron chi connectivity index (χ1n) is 7.87. The second kappa shape index (κ2) is 8.42. The Hall–Kier alpha value is -2.25. The van der Waals surface area contributed by atoms with Crippen molar-refractivity contribution in [2.75, 3.05) is 13.1 Å². The third kappa shape index (κ3) is 4.89. The number of carboxylic acids is 1. The number of hydrogen-bond acceptors (Lipinski definition) is 4. The standard InChI is InChI=1S/C17H18Cl2N2O5/c1-9(2-3-10-4-5-12(18)13(19)6-10)20-16(25)11-7-21(8-14(22)23)17(26)15(11)24/h4-6,9,24H,2-3,7-8H2,1H3,(H,20,25)(H,22,23). The smallest absolute Gasteiger partial charge is 0.323 e. The van der Waals surface area contributed by atoms with Crippen LogP contribution < -0.4 is 5.32 Å². The van der Waals surface area contributed by atoms with Gasteiger partial charge in [0.05, 0.1) is 22.2 Å². The largest absolute Gasteiger partial charge is 0.503 e. The van der Waals surface area contributed by atoms with Gasteiger partial charge in [0.1, 0.15) is 6.54 Å². The first kappa shape index (κ1) is 20.1. The van der Waals surface area contributed by atoms with Crippen molar-refractivity contribution in [3.63, 3.8) is 0 Å². The number of aliphatic hydroxyl groups excluding tert-OH is 1. The molecule has 1 heterocycles. The number of carbonyl (C=O) groups excluding carboxylic acids is 2. The Morgan fingerprint density at radius 2 is 2.00 bits per heavy atom. The maximum atomic E-state index is 12.3. The molecule has 1 atom stereocenters. The fourth-order valence-corrected chi connectivity index (χ4v) is 2.87. The number of halogens is 2. The Morgan fingerprint density at radius 3 is 2.62 bits per heavy atom. The van der Waals surface area contributed by atoms with Crippen LogP contribution >= 0.6 is 23.2 Å². The third-order valence-electron chi connectivity index (χ3n) is 3.95. The van der Waals surface area contributed by atoms with Crippen molar-refractivity contribution in [3.05, 3.63) is 45.1 Å². The molecule has 1 unspecified atom stereocenters. The number of carbonyl (C=O) groups is 3. The van der Waals surface area contributed by atoms with Crippen molar-refractivity contribution in [1.29, 1.82) is 0 Å². The van der Waals surface area contributed by atoms with Gasteiger partial charge in [-0.3, -0.25) is 14.4 Å². The highest BCUT2D eigenvalue weighted by Crippen LogP contribution is 2.23. The summed E-state index contributed by atoms with van der Waals surface area (Å²) in [6.07, 6.45) is 1.25. The van der Waals surface area contributed by atoms with Crippen molar-refractivity contribution < 1.29 is 24.6 Å². The Morgan fingerprint density at radius 1 is 1.31 bits per heavy atom. The average molecular weight is 401 g/mol. The molecule has 1 aliphatic heterocycles. The number of aryl methyl sites for hydroxylation is 1. The molecule has 2 rings (SSSR count). The Bertz CT molecular complexity index is 778. The highest BCUT2D eigenvalue weighted by atomic mass is 35.5. The molecule has 26 heavy (non-hydrogen) atoms. The highest BCUT2D eigenvalue weighted by Gasteiger charge is 2.35. The van der Waals surface area contributed by atoms with Gasteiger partial charge in [-0.1, -0.05) is 29.3 Å². The van der Waals surface area contributed by atoms with E-state index in [9.17, 15) is 19.5 Å². The van der Waals surface area contributed by atoms with Crippen LogP contribution in [0.4, 0.5) is 0 Å². The summed E-state index contributed by atoms with van der Waals surface area (Å²) in [5.74, 6) is -3.38. The van der Waals surface area contributed by atoms with Crippen LogP contribution in [0.2, 0.25) is 10.0 Å². The van der Waals surface area contributed by atoms with Gasteiger partial charge in [-0.2, -0.15) is 0 Å². The fraction of sp³-hybridized carbons (Fsp3) is 0.353. The second-order valence-corrected chi connectivity index (χ2v) is 6.86. The quantitative estimate of drug-likeness (QED) is 0.649. The average Bonchev–Trinajstić information content (AvgIpc) is 2.84. The molecule has 140 valence electrons. The van der Waals surface area contributed by atoms with Crippen LogP contribution in [0.15, 0.2) is 29.5 Å². The van der Waals surface area contributed by atoms with Crippen LogP contribution in [-0.4, -0.2) is 52.0 Å². The molecule has 0 saturated carbocycles. The fourth-order valence-electron chi connectivity index (χ4n) is 2.55. The van der Waals surface area contributed by atoms with Gasteiger partial charge in [0.2, 0.25) is 0 Å². The molecule has 7 nitrogen and oxygen atoms in total. The number of nitrogens with zero attached hydrogens (tertiary/aromatic N) is 1. The summed E-state index contributed by atoms with van der Waals surface area (Å²) in [5, 5.41) is 22.2. The van der Waals surface area contributed by atoms with Gasteiger partial charge in [0.15, 0.2) is 5.76 Å². The van der Waals surface area contributed by atoms with Gasteiger partial charge >= 0.3 is 5.97 Å². The lowest BCUT2D eigenvalue weighted by Gasteiger charge is -2.16. The molecule has 0 spiro atoms. The molecule has 0 radical (unpaired) electrons. The van der Waals surface area contributed by atoms with Crippen LogP contribution in [0.5, 0.6) is 0 Å². The van der Waals surface area contributed by atoms with Gasteiger partial charge < -0.3 is 20.4 Å². The molecule has 2 amide bonds. The van der Waals surface area contributed by atoms with Crippen molar-refractivity contribution >= 4 is 41.0 Å². The molecule has 0 fully saturated rings. The minimum Gasteiger partial charge on any atom is -0.503 e. The maximum absolute atomic E-state index is 12.3. The molecule has 1 aromatic rings. The normalized spacial score (nSPS) is 15.3. The lowest BCUT2D eigenvalue weighted by molar-refractivity contribution is -0.142. The number of benzene rings is 1. The van der Waals surface area contributed by atoms with Gasteiger partial charge in [0.25, 0.3) is 11.8 Å². The molecule has 0 bridgehead atoms. The molecular weight excluding hydrogens is 383 g/mol. The van der Waals surface area contributed by atoms with Crippen molar-refractivity contribution in [2.24, 2.45) is 0 Å². The van der Waals surface area contributed by atoms with E-state index < -0.39 is 30.1 Å². The predicted molar refractivity (Wildman–Crippen MR) is 96.3 cm³/mol. The number of aliphatic hydroxyl groups is 1. The zero-order valence-corrected chi connectivity index (χ0v) is 15.5. The van der Waals surface area contributed by atoms with E-state index in [2.05, 4.69) is 5.32 Å². The van der Waals surface area contributed by atoms with E-state index in [1.54, 1.807) is 19.1 Å². The van der Waals surface area contributed by atoms with Crippen LogP contribution in [0.25, 0.3) is 0 Å². The van der Waals surface area contributed by atoms with E-state index in [1.807, 2.05) is 6.07 Å². The number of nitrogens with one attached hydrogen (secondary N) is 1. The molecule has 1 aliphatic rings. The van der Waals surface area contributed by atoms with E-state index in [0.717, 1.165) is 10.5 Å². The molecule has 0 aromatic heterocycles. The summed E-state index contributed by atoms with van der Waals surface area (Å²) < 4.78 is 0. The van der Waals surface area contributed by atoms with Crippen molar-refractivity contribution in [1.82, 2.24) is 10.2 Å². The highest BCUT2D eigenvalue weighted by molar-refractivity contribution is 6.42. The van der Waals surface area contributed by atoms with E-state index in [4.69, 9.17) is 28.3 Å². The molecule has 9 heteroatoms. The predicted octanol–water partition coefficient (Wildman–Crippen LogP) is 2.17. The first-order chi connectivity index (χ1) is 12.2. The summed E-state index contributed by atoms with van der Waals surface area (Å²) in [4.78, 5) is 35.6. The number of carboxylic acid groups (broad SMARTS) is 1. The lowest BCUT2D eigenvalue weighted by atomic mass is 10.1. The SMILES string of the molecule is CC(CCc1ccc(Cl)c(Cl)c1)NC(=O)C1=C(O)C(=O)N(CC(=O)O)C1. The van der Waals surface area contributed by atoms with E-state index in [-0.39, 0.29) is 18.2 Å². The van der Waals surface area contributed by atoms with Crippen LogP contribution in [0, 0.1) is 0 Å². The van der Waals surface area contributed by atoms with Crippen molar-refractivity contribution in [3.8, 4) is 0 Å². The van der Waals surface area contributed by atoms with Gasteiger partial charge in [-0.05, 0) is 37.5 Å². The topological polar surface area (TPSA) is 107 Å². The maximum Gasteiger partial charge on any atom is 0.323 e. The van der Waals surface area contributed by atoms with Crippen molar-refractivity contribution in [2.45, 2.75) is 25.8 Å². The first-order valence-corrected chi connectivity index (χ1v) is 8.62. The summed E-state index contributed by atoms with van der Waals surface area (Å²) in [5.41, 5.74) is 0.837. The zero-order valence-electron chi connectivity index (χ0n) is 14.0. The molecular formula is C17H18Cl2N2O5. The molecule has 3 N–H and O–H groups in total. The van der Waals surface area contributed by atoms with E-state index >= 15 is 0 Å². The number of aliphatic carboxylic acids is 1. The van der Waals surface area contributed by atoms with Crippen LogP contribution in [0.1, 0.15) is 18.9 Å². The number of hydrogen-bond donors (Lipinski definition) is 3. The van der Waals surface area contributed by atoms with Gasteiger partial charge in [-0.25, -0.2) is 0 Å². The van der Waals surface area contributed by atoms with E-state index in [1.165, 1.54) is 0 Å². The zero-order chi connectivity index (χ0) is 19.4. The van der Waals surface area contributed by atoms with Gasteiger partial charge in [0, 0.05) is 6.04 Å². The molecule has 0 aliphatic carbocycles. The Kier molecular flexibility index (Phi) is 6.50. The minimum absolute atomic E-state index is 0.127. The summed E-state index contributed by atoms with van der Waals surface area (Å²) in [7, 11) is 0. The Balaban J connectivity index is 1.91. The van der Waals surface area contributed by atoms with Gasteiger partial charge in [-0.15, -0.1) is 0 Å². The van der Waals surface area contributed by atoms with E-state index in [0.29, 0.717) is 22.9 Å². The number of amides is 2.